The number of nitrogens with zero attached hydrogens (tertiary/aromatic N) is 1. The monoisotopic (exact) mass is 444 g/mol. The van der Waals surface area contributed by atoms with Gasteiger partial charge in [0.1, 0.15) is 12.5 Å². The molecule has 1 saturated heterocycles. The number of aryl methyl sites for hydroxylation is 1. The average Bonchev–Trinajstić information content (AvgIpc) is 3.05. The number of fused-ring (bicyclic) bond motifs is 1. The SMILES string of the molecule is Cc1ccc(NC(=O)NCc2ccc3c(c2)CN(C2CCC(O)NC2O)C3=O)cc1Cl. The van der Waals surface area contributed by atoms with Gasteiger partial charge in [0.25, 0.3) is 5.91 Å². The van der Waals surface area contributed by atoms with Crippen LogP contribution in [0.5, 0.6) is 0 Å². The fourth-order valence-electron chi connectivity index (χ4n) is 4.01. The summed E-state index contributed by atoms with van der Waals surface area (Å²) in [5.74, 6) is -0.134. The highest BCUT2D eigenvalue weighted by Crippen LogP contribution is 2.29. The molecule has 4 rings (SSSR count). The number of carbonyl (C=O) groups is 2. The molecular weight excluding hydrogens is 420 g/mol. The number of carbonyl (C=O) groups excluding carboxylic acids is 2. The molecule has 164 valence electrons. The molecule has 5 N–H and O–H groups in total. The Kier molecular flexibility index (Phi) is 6.15. The van der Waals surface area contributed by atoms with Crippen molar-refractivity contribution >= 4 is 29.2 Å². The van der Waals surface area contributed by atoms with Gasteiger partial charge >= 0.3 is 6.03 Å². The Balaban J connectivity index is 1.37. The highest BCUT2D eigenvalue weighted by atomic mass is 35.5. The second kappa shape index (κ2) is 8.84. The molecule has 0 bridgehead atoms. The first-order valence-corrected chi connectivity index (χ1v) is 10.6. The summed E-state index contributed by atoms with van der Waals surface area (Å²) in [5.41, 5.74) is 3.85. The van der Waals surface area contributed by atoms with E-state index >= 15 is 0 Å². The number of anilines is 1. The zero-order valence-corrected chi connectivity index (χ0v) is 17.8. The normalized spacial score (nSPS) is 22.9. The maximum absolute atomic E-state index is 12.8. The van der Waals surface area contributed by atoms with Crippen molar-refractivity contribution in [3.8, 4) is 0 Å². The molecule has 31 heavy (non-hydrogen) atoms. The van der Waals surface area contributed by atoms with E-state index in [0.29, 0.717) is 42.2 Å². The van der Waals surface area contributed by atoms with Crippen LogP contribution in [0.3, 0.4) is 0 Å². The molecule has 2 aromatic rings. The number of urea groups is 1. The van der Waals surface area contributed by atoms with Gasteiger partial charge in [-0.15, -0.1) is 0 Å². The predicted octanol–water partition coefficient (Wildman–Crippen LogP) is 2.31. The number of hydrogen-bond acceptors (Lipinski definition) is 5. The first-order valence-electron chi connectivity index (χ1n) is 10.2. The molecule has 3 atom stereocenters. The summed E-state index contributed by atoms with van der Waals surface area (Å²) in [4.78, 5) is 26.6. The van der Waals surface area contributed by atoms with Gasteiger partial charge in [-0.3, -0.25) is 10.1 Å². The molecule has 2 heterocycles. The third-order valence-corrected chi connectivity index (χ3v) is 6.16. The van der Waals surface area contributed by atoms with E-state index in [0.717, 1.165) is 16.7 Å². The number of hydrogen-bond donors (Lipinski definition) is 5. The van der Waals surface area contributed by atoms with Gasteiger partial charge in [0.05, 0.1) is 6.04 Å². The Bertz CT molecular complexity index is 1020. The zero-order valence-electron chi connectivity index (χ0n) is 17.1. The smallest absolute Gasteiger partial charge is 0.319 e. The molecule has 1 fully saturated rings. The van der Waals surface area contributed by atoms with Gasteiger partial charge in [0.15, 0.2) is 0 Å². The Morgan fingerprint density at radius 1 is 1.23 bits per heavy atom. The minimum absolute atomic E-state index is 0.134. The molecule has 0 saturated carbocycles. The fraction of sp³-hybridized carbons (Fsp3) is 0.364. The van der Waals surface area contributed by atoms with Gasteiger partial charge in [-0.25, -0.2) is 4.79 Å². The summed E-state index contributed by atoms with van der Waals surface area (Å²) in [6.07, 6.45) is -0.737. The van der Waals surface area contributed by atoms with E-state index in [1.807, 2.05) is 25.1 Å². The summed E-state index contributed by atoms with van der Waals surface area (Å²) in [7, 11) is 0. The number of amides is 3. The van der Waals surface area contributed by atoms with Crippen LogP contribution in [0.1, 0.15) is 39.9 Å². The van der Waals surface area contributed by atoms with Crippen molar-refractivity contribution in [3.63, 3.8) is 0 Å². The van der Waals surface area contributed by atoms with Gasteiger partial charge in [-0.1, -0.05) is 29.8 Å². The molecule has 2 aliphatic heterocycles. The van der Waals surface area contributed by atoms with E-state index in [-0.39, 0.29) is 11.9 Å². The second-order valence-electron chi connectivity index (χ2n) is 7.97. The number of halogens is 1. The molecule has 0 radical (unpaired) electrons. The van der Waals surface area contributed by atoms with Gasteiger partial charge < -0.3 is 25.7 Å². The van der Waals surface area contributed by atoms with Crippen molar-refractivity contribution in [1.82, 2.24) is 15.5 Å². The summed E-state index contributed by atoms with van der Waals surface area (Å²) in [5, 5.41) is 28.6. The molecule has 2 aromatic carbocycles. The number of rotatable bonds is 4. The summed E-state index contributed by atoms with van der Waals surface area (Å²) in [6, 6.07) is 10.0. The van der Waals surface area contributed by atoms with E-state index in [4.69, 9.17) is 11.6 Å². The third-order valence-electron chi connectivity index (χ3n) is 5.75. The second-order valence-corrected chi connectivity index (χ2v) is 8.38. The number of nitrogens with one attached hydrogen (secondary N) is 3. The lowest BCUT2D eigenvalue weighted by Crippen LogP contribution is -2.56. The Hall–Kier alpha value is -2.65. The largest absolute Gasteiger partial charge is 0.379 e. The lowest BCUT2D eigenvalue weighted by atomic mass is 10.0. The summed E-state index contributed by atoms with van der Waals surface area (Å²) < 4.78 is 0. The lowest BCUT2D eigenvalue weighted by molar-refractivity contribution is -0.0477. The van der Waals surface area contributed by atoms with E-state index in [9.17, 15) is 19.8 Å². The molecule has 3 amide bonds. The van der Waals surface area contributed by atoms with Crippen LogP contribution in [-0.2, 0) is 13.1 Å². The highest BCUT2D eigenvalue weighted by molar-refractivity contribution is 6.31. The van der Waals surface area contributed by atoms with Crippen molar-refractivity contribution < 1.29 is 19.8 Å². The van der Waals surface area contributed by atoms with Crippen LogP contribution in [0.2, 0.25) is 5.02 Å². The Morgan fingerprint density at radius 3 is 2.77 bits per heavy atom. The molecule has 0 aliphatic carbocycles. The van der Waals surface area contributed by atoms with Crippen LogP contribution in [0.4, 0.5) is 10.5 Å². The first kappa shape index (κ1) is 21.6. The molecule has 2 aliphatic rings. The van der Waals surface area contributed by atoms with E-state index in [2.05, 4.69) is 16.0 Å². The van der Waals surface area contributed by atoms with Crippen LogP contribution in [0.15, 0.2) is 36.4 Å². The van der Waals surface area contributed by atoms with Crippen molar-refractivity contribution in [2.24, 2.45) is 0 Å². The van der Waals surface area contributed by atoms with Gasteiger partial charge in [0, 0.05) is 29.4 Å². The molecule has 3 unspecified atom stereocenters. The highest BCUT2D eigenvalue weighted by Gasteiger charge is 2.38. The predicted molar refractivity (Wildman–Crippen MR) is 117 cm³/mol. The van der Waals surface area contributed by atoms with Crippen molar-refractivity contribution in [3.05, 3.63) is 63.7 Å². The molecule has 0 spiro atoms. The first-order chi connectivity index (χ1) is 14.8. The summed E-state index contributed by atoms with van der Waals surface area (Å²) >= 11 is 6.08. The zero-order chi connectivity index (χ0) is 22.1. The molecule has 0 aromatic heterocycles. The number of aliphatic hydroxyl groups excluding tert-OH is 2. The van der Waals surface area contributed by atoms with E-state index in [1.54, 1.807) is 23.1 Å². The topological polar surface area (TPSA) is 114 Å². The molecular formula is C22H25ClN4O4. The number of aliphatic hydroxyl groups is 2. The van der Waals surface area contributed by atoms with Crippen LogP contribution < -0.4 is 16.0 Å². The van der Waals surface area contributed by atoms with Gasteiger partial charge in [-0.2, -0.15) is 0 Å². The van der Waals surface area contributed by atoms with Gasteiger partial charge in [0.2, 0.25) is 0 Å². The van der Waals surface area contributed by atoms with Crippen LogP contribution in [0, 0.1) is 6.92 Å². The Labute approximate surface area is 185 Å². The van der Waals surface area contributed by atoms with E-state index in [1.165, 1.54) is 0 Å². The molecule has 8 nitrogen and oxygen atoms in total. The van der Waals surface area contributed by atoms with Gasteiger partial charge in [-0.05, 0) is 54.7 Å². The van der Waals surface area contributed by atoms with Crippen molar-refractivity contribution in [2.75, 3.05) is 5.32 Å². The fourth-order valence-corrected chi connectivity index (χ4v) is 4.19. The maximum atomic E-state index is 12.8. The maximum Gasteiger partial charge on any atom is 0.319 e. The standard InChI is InChI=1S/C22H25ClN4O4/c1-12-2-4-15(9-17(12)23)25-22(31)24-10-13-3-5-16-14(8-13)11-27(21(16)30)18-6-7-19(28)26-20(18)29/h2-5,8-9,18-20,26,28-29H,6-7,10-11H2,1H3,(H2,24,25,31). The van der Waals surface area contributed by atoms with E-state index < -0.39 is 18.5 Å². The average molecular weight is 445 g/mol. The minimum atomic E-state index is -0.970. The van der Waals surface area contributed by atoms with Crippen molar-refractivity contribution in [1.29, 1.82) is 0 Å². The lowest BCUT2D eigenvalue weighted by Gasteiger charge is -2.37. The third kappa shape index (κ3) is 4.67. The molecule has 9 heteroatoms. The van der Waals surface area contributed by atoms with Crippen LogP contribution >= 0.6 is 11.6 Å². The Morgan fingerprint density at radius 2 is 2.03 bits per heavy atom. The van der Waals surface area contributed by atoms with Crippen LogP contribution in [-0.4, -0.2) is 45.5 Å². The summed E-state index contributed by atoms with van der Waals surface area (Å²) in [6.45, 7) is 2.57. The van der Waals surface area contributed by atoms with Crippen LogP contribution in [0.25, 0.3) is 0 Å². The quantitative estimate of drug-likeness (QED) is 0.496. The number of benzene rings is 2. The number of piperidine rings is 1. The minimum Gasteiger partial charge on any atom is -0.379 e. The van der Waals surface area contributed by atoms with Crippen molar-refractivity contribution in [2.45, 2.75) is 51.4 Å².